The first-order chi connectivity index (χ1) is 25.1. The molecule has 0 saturated carbocycles. The highest BCUT2D eigenvalue weighted by Crippen LogP contribution is 2.55. The van der Waals surface area contributed by atoms with Crippen LogP contribution in [0.1, 0.15) is 25.0 Å². The van der Waals surface area contributed by atoms with E-state index in [-0.39, 0.29) is 5.41 Å². The van der Waals surface area contributed by atoms with Crippen molar-refractivity contribution >= 4 is 65.0 Å². The molecule has 0 fully saturated rings. The molecule has 11 rings (SSSR count). The summed E-state index contributed by atoms with van der Waals surface area (Å²) in [4.78, 5) is 11.1. The number of hydrogen-bond donors (Lipinski definition) is 0. The van der Waals surface area contributed by atoms with E-state index in [9.17, 15) is 0 Å². The third-order valence-electron chi connectivity index (χ3n) is 11.0. The molecule has 0 aliphatic carbocycles. The smallest absolute Gasteiger partial charge is 0.235 e. The van der Waals surface area contributed by atoms with Crippen LogP contribution in [0.4, 0.5) is 0 Å². The third kappa shape index (κ3) is 3.85. The number of fused-ring (bicyclic) bond motifs is 13. The van der Waals surface area contributed by atoms with Crippen molar-refractivity contribution in [3.8, 4) is 28.7 Å². The molecule has 2 aromatic heterocycles. The van der Waals surface area contributed by atoms with E-state index >= 15 is 0 Å². The maximum absolute atomic E-state index is 7.08. The van der Waals surface area contributed by atoms with Crippen LogP contribution in [0.15, 0.2) is 152 Å². The van der Waals surface area contributed by atoms with E-state index in [1.165, 1.54) is 27.3 Å². The molecule has 4 nitrogen and oxygen atoms in total. The van der Waals surface area contributed by atoms with Gasteiger partial charge >= 0.3 is 0 Å². The first-order valence-electron chi connectivity index (χ1n) is 17.5. The molecule has 0 atom stereocenters. The van der Waals surface area contributed by atoms with Gasteiger partial charge in [0.15, 0.2) is 5.75 Å². The maximum Gasteiger partial charge on any atom is 0.235 e. The van der Waals surface area contributed by atoms with Crippen molar-refractivity contribution in [3.63, 3.8) is 0 Å². The molecule has 10 aromatic rings. The van der Waals surface area contributed by atoms with Gasteiger partial charge in [-0.05, 0) is 45.1 Å². The van der Waals surface area contributed by atoms with Crippen LogP contribution >= 0.6 is 0 Å². The Kier molecular flexibility index (Phi) is 5.70. The van der Waals surface area contributed by atoms with Crippen LogP contribution in [0.25, 0.3) is 82.2 Å². The zero-order valence-electron chi connectivity index (χ0n) is 28.2. The summed E-state index contributed by atoms with van der Waals surface area (Å²) in [6.07, 6.45) is 0. The lowest BCUT2D eigenvalue weighted by molar-refractivity contribution is 0.424. The fourth-order valence-corrected chi connectivity index (χ4v) is 8.72. The number of hydrogen-bond acceptors (Lipinski definition) is 3. The molecule has 0 radical (unpaired) electrons. The van der Waals surface area contributed by atoms with Crippen LogP contribution in [0, 0.1) is 0 Å². The summed E-state index contributed by atoms with van der Waals surface area (Å²) in [5.41, 5.74) is 6.96. The Morgan fingerprint density at radius 1 is 0.529 bits per heavy atom. The number of ether oxygens (including phenoxy) is 1. The van der Waals surface area contributed by atoms with Crippen LogP contribution < -0.4 is 4.74 Å². The van der Waals surface area contributed by atoms with Gasteiger partial charge in [0.25, 0.3) is 0 Å². The van der Waals surface area contributed by atoms with Crippen LogP contribution in [-0.2, 0) is 5.41 Å². The van der Waals surface area contributed by atoms with Crippen molar-refractivity contribution in [1.82, 2.24) is 14.5 Å². The van der Waals surface area contributed by atoms with E-state index in [0.717, 1.165) is 71.6 Å². The molecule has 3 heterocycles. The minimum Gasteiger partial charge on any atom is -0.454 e. The van der Waals surface area contributed by atoms with E-state index in [1.807, 2.05) is 0 Å². The molecule has 1 aliphatic heterocycles. The van der Waals surface area contributed by atoms with E-state index in [0.29, 0.717) is 5.95 Å². The summed E-state index contributed by atoms with van der Waals surface area (Å²) in [6, 6.07) is 53.8. The fraction of sp³-hybridized carbons (Fsp3) is 0.0638. The molecule has 4 heteroatoms. The highest BCUT2D eigenvalue weighted by Gasteiger charge is 2.39. The molecule has 240 valence electrons. The topological polar surface area (TPSA) is 39.9 Å². The van der Waals surface area contributed by atoms with Gasteiger partial charge in [0.05, 0.1) is 16.7 Å². The summed E-state index contributed by atoms with van der Waals surface area (Å²) < 4.78 is 9.34. The van der Waals surface area contributed by atoms with Gasteiger partial charge in [0.1, 0.15) is 11.3 Å². The number of benzene rings is 8. The first-order valence-corrected chi connectivity index (χ1v) is 17.5. The molecule has 51 heavy (non-hydrogen) atoms. The van der Waals surface area contributed by atoms with E-state index in [2.05, 4.69) is 170 Å². The van der Waals surface area contributed by atoms with Crippen LogP contribution in [0.2, 0.25) is 0 Å². The maximum atomic E-state index is 7.08. The lowest BCUT2D eigenvalue weighted by Gasteiger charge is -2.36. The molecule has 8 aromatic carbocycles. The second-order valence-corrected chi connectivity index (χ2v) is 14.1. The number of aromatic nitrogens is 3. The molecule has 1 aliphatic rings. The summed E-state index contributed by atoms with van der Waals surface area (Å²) >= 11 is 0. The largest absolute Gasteiger partial charge is 0.454 e. The Morgan fingerprint density at radius 2 is 1.18 bits per heavy atom. The minimum absolute atomic E-state index is 0.326. The molecule has 0 amide bonds. The van der Waals surface area contributed by atoms with Gasteiger partial charge in [0.2, 0.25) is 5.95 Å². The zero-order valence-corrected chi connectivity index (χ0v) is 28.2. The van der Waals surface area contributed by atoms with E-state index in [1.54, 1.807) is 0 Å². The fourth-order valence-electron chi connectivity index (χ4n) is 8.72. The highest BCUT2D eigenvalue weighted by atomic mass is 16.5. The monoisotopic (exact) mass is 653 g/mol. The van der Waals surface area contributed by atoms with Crippen LogP contribution in [0.3, 0.4) is 0 Å². The zero-order chi connectivity index (χ0) is 33.8. The van der Waals surface area contributed by atoms with Crippen molar-refractivity contribution in [1.29, 1.82) is 0 Å². The van der Waals surface area contributed by atoms with Gasteiger partial charge in [-0.3, -0.25) is 4.57 Å². The number of nitrogens with zero attached hydrogens (tertiary/aromatic N) is 3. The lowest BCUT2D eigenvalue weighted by Crippen LogP contribution is -2.25. The Bertz CT molecular complexity index is 3090. The second-order valence-electron chi connectivity index (χ2n) is 14.1. The Balaban J connectivity index is 1.36. The summed E-state index contributed by atoms with van der Waals surface area (Å²) in [5, 5.41) is 10.3. The quantitative estimate of drug-likeness (QED) is 0.174. The lowest BCUT2D eigenvalue weighted by atomic mass is 9.73. The van der Waals surface area contributed by atoms with Crippen molar-refractivity contribution in [2.24, 2.45) is 0 Å². The standard InChI is InChI=1S/C47H31N3O/c1-47(2)37-23-10-12-25-39(37)51-45-41(47)33-20-8-7-19-32(33)40-35-21-9-11-24-38(35)50(44(40)45)46-48-42-31-18-6-4-15-29(31)26-27-36(42)43(49-46)34-22-13-16-28-14-3-5-17-30(28)34/h3-27H,1-2H3. The number of para-hydroxylation sites is 2. The predicted molar refractivity (Wildman–Crippen MR) is 210 cm³/mol. The van der Waals surface area contributed by atoms with E-state index in [4.69, 9.17) is 14.7 Å². The van der Waals surface area contributed by atoms with E-state index < -0.39 is 0 Å². The van der Waals surface area contributed by atoms with Gasteiger partial charge in [-0.1, -0.05) is 147 Å². The summed E-state index contributed by atoms with van der Waals surface area (Å²) in [6.45, 7) is 4.63. The van der Waals surface area contributed by atoms with Gasteiger partial charge < -0.3 is 4.74 Å². The average Bonchev–Trinajstić information content (AvgIpc) is 3.53. The summed E-state index contributed by atoms with van der Waals surface area (Å²) in [5.74, 6) is 2.35. The van der Waals surface area contributed by atoms with Gasteiger partial charge in [-0.15, -0.1) is 0 Å². The Labute approximate surface area is 294 Å². The minimum atomic E-state index is -0.326. The summed E-state index contributed by atoms with van der Waals surface area (Å²) in [7, 11) is 0. The Morgan fingerprint density at radius 3 is 2.02 bits per heavy atom. The highest BCUT2D eigenvalue weighted by molar-refractivity contribution is 6.24. The molecule has 0 N–H and O–H groups in total. The predicted octanol–water partition coefficient (Wildman–Crippen LogP) is 12.3. The molecule has 0 unspecified atom stereocenters. The molecular weight excluding hydrogens is 623 g/mol. The molecule has 0 spiro atoms. The van der Waals surface area contributed by atoms with Crippen LogP contribution in [-0.4, -0.2) is 14.5 Å². The SMILES string of the molecule is CC1(C)c2ccccc2Oc2c1c1ccccc1c1c3ccccc3n(-c3nc(-c4cccc5ccccc45)c4ccc5ccccc5c4n3)c21. The van der Waals surface area contributed by atoms with Crippen molar-refractivity contribution in [2.45, 2.75) is 19.3 Å². The van der Waals surface area contributed by atoms with Gasteiger partial charge in [0, 0.05) is 43.7 Å². The average molecular weight is 654 g/mol. The first kappa shape index (κ1) is 28.3. The second kappa shape index (κ2) is 10.3. The Hall–Kier alpha value is -6.52. The normalized spacial score (nSPS) is 13.6. The van der Waals surface area contributed by atoms with Gasteiger partial charge in [-0.2, -0.15) is 0 Å². The molecule has 0 saturated heterocycles. The van der Waals surface area contributed by atoms with Crippen molar-refractivity contribution in [3.05, 3.63) is 163 Å². The van der Waals surface area contributed by atoms with Crippen molar-refractivity contribution < 1.29 is 4.74 Å². The van der Waals surface area contributed by atoms with Crippen LogP contribution in [0.5, 0.6) is 11.5 Å². The van der Waals surface area contributed by atoms with Gasteiger partial charge in [-0.25, -0.2) is 9.97 Å². The molecular formula is C47H31N3O. The molecule has 0 bridgehead atoms. The van der Waals surface area contributed by atoms with Crippen molar-refractivity contribution in [2.75, 3.05) is 0 Å². The third-order valence-corrected chi connectivity index (χ3v) is 11.0. The number of rotatable bonds is 2.